The number of carbonyl (C=O) groups excluding carboxylic acids is 1. The van der Waals surface area contributed by atoms with Crippen LogP contribution in [0.5, 0.6) is 0 Å². The Kier molecular flexibility index (Phi) is 3.72. The molecule has 0 bridgehead atoms. The molecule has 0 spiro atoms. The molecule has 2 N–H and O–H groups in total. The van der Waals surface area contributed by atoms with E-state index in [-0.39, 0.29) is 18.1 Å². The molecule has 1 saturated heterocycles. The Hall–Kier alpha value is -1.06. The number of urea groups is 1. The maximum atomic E-state index is 11.6. The van der Waals surface area contributed by atoms with Gasteiger partial charge in [-0.25, -0.2) is 4.79 Å². The van der Waals surface area contributed by atoms with Crippen LogP contribution in [0.1, 0.15) is 40.5 Å². The highest BCUT2D eigenvalue weighted by Gasteiger charge is 2.40. The molecular weight excluding hydrogens is 190 g/mol. The van der Waals surface area contributed by atoms with Gasteiger partial charge in [0, 0.05) is 6.04 Å². The minimum atomic E-state index is -0.119. The van der Waals surface area contributed by atoms with Crippen molar-refractivity contribution >= 4 is 11.9 Å². The van der Waals surface area contributed by atoms with Gasteiger partial charge in [0.1, 0.15) is 5.84 Å². The van der Waals surface area contributed by atoms with Crippen LogP contribution in [-0.2, 0) is 0 Å². The number of nitrogens with one attached hydrogen (secondary N) is 2. The Morgan fingerprint density at radius 2 is 1.93 bits per heavy atom. The van der Waals surface area contributed by atoms with Crippen molar-refractivity contribution in [1.82, 2.24) is 10.2 Å². The van der Waals surface area contributed by atoms with Gasteiger partial charge in [-0.15, -0.1) is 0 Å². The maximum absolute atomic E-state index is 11.6. The molecule has 0 saturated carbocycles. The zero-order valence-electron chi connectivity index (χ0n) is 10.0. The van der Waals surface area contributed by atoms with Crippen molar-refractivity contribution in [3.63, 3.8) is 0 Å². The Morgan fingerprint density at radius 1 is 1.40 bits per heavy atom. The molecule has 1 unspecified atom stereocenters. The molecule has 0 aliphatic carbocycles. The largest absolute Gasteiger partial charge is 0.323 e. The van der Waals surface area contributed by atoms with Crippen molar-refractivity contribution in [3.05, 3.63) is 0 Å². The Bertz CT molecular complexity index is 259. The molecule has 1 rings (SSSR count). The summed E-state index contributed by atoms with van der Waals surface area (Å²) in [6.07, 6.45) is 2.00. The summed E-state index contributed by atoms with van der Waals surface area (Å²) in [5.41, 5.74) is 0. The highest BCUT2D eigenvalue weighted by Crippen LogP contribution is 2.24. The third-order valence-electron chi connectivity index (χ3n) is 3.12. The lowest BCUT2D eigenvalue weighted by atomic mass is 9.92. The lowest BCUT2D eigenvalue weighted by Crippen LogP contribution is -2.44. The molecule has 0 aromatic rings. The average molecular weight is 211 g/mol. The van der Waals surface area contributed by atoms with Gasteiger partial charge in [-0.3, -0.25) is 10.7 Å². The smallest absolute Gasteiger partial charge is 0.312 e. The van der Waals surface area contributed by atoms with Crippen molar-refractivity contribution in [1.29, 1.82) is 5.41 Å². The Morgan fingerprint density at radius 3 is 2.33 bits per heavy atom. The van der Waals surface area contributed by atoms with Crippen LogP contribution in [0.2, 0.25) is 0 Å². The number of nitrogens with zero attached hydrogens (tertiary/aromatic N) is 1. The van der Waals surface area contributed by atoms with Crippen LogP contribution in [0.15, 0.2) is 0 Å². The highest BCUT2D eigenvalue weighted by atomic mass is 16.2. The molecule has 0 aromatic carbocycles. The molecule has 15 heavy (non-hydrogen) atoms. The second-order valence-electron chi connectivity index (χ2n) is 4.37. The summed E-state index contributed by atoms with van der Waals surface area (Å²) in [7, 11) is 0. The first-order chi connectivity index (χ1) is 7.02. The van der Waals surface area contributed by atoms with Crippen LogP contribution < -0.4 is 5.32 Å². The lowest BCUT2D eigenvalue weighted by Gasteiger charge is -2.31. The Labute approximate surface area is 91.5 Å². The van der Waals surface area contributed by atoms with E-state index in [9.17, 15) is 4.79 Å². The predicted molar refractivity (Wildman–Crippen MR) is 61.1 cm³/mol. The number of hydrogen-bond acceptors (Lipinski definition) is 2. The molecule has 86 valence electrons. The van der Waals surface area contributed by atoms with Gasteiger partial charge in [0.15, 0.2) is 0 Å². The van der Waals surface area contributed by atoms with Crippen LogP contribution >= 0.6 is 0 Å². The SMILES string of the molecule is CCC(CC)C1C(=N)NC(=O)N1C(C)C. The standard InChI is InChI=1S/C11H21N3O/c1-5-8(6-2)9-10(12)13-11(15)14(9)7(3)4/h7-9H,5-6H2,1-4H3,(H2,12,13,15). The quantitative estimate of drug-likeness (QED) is 0.736. The van der Waals surface area contributed by atoms with Gasteiger partial charge in [-0.1, -0.05) is 26.7 Å². The summed E-state index contributed by atoms with van der Waals surface area (Å²) < 4.78 is 0. The molecular formula is C11H21N3O. The van der Waals surface area contributed by atoms with Crippen LogP contribution in [0.25, 0.3) is 0 Å². The molecule has 1 aliphatic heterocycles. The number of hydrogen-bond donors (Lipinski definition) is 2. The number of amidine groups is 1. The number of amides is 2. The Balaban J connectivity index is 2.91. The van der Waals surface area contributed by atoms with Crippen molar-refractivity contribution in [2.75, 3.05) is 0 Å². The first-order valence-corrected chi connectivity index (χ1v) is 5.70. The van der Waals surface area contributed by atoms with E-state index in [1.165, 1.54) is 0 Å². The second-order valence-corrected chi connectivity index (χ2v) is 4.37. The molecule has 1 fully saturated rings. The summed E-state index contributed by atoms with van der Waals surface area (Å²) in [6, 6.07) is -0.0159. The molecule has 4 heteroatoms. The van der Waals surface area contributed by atoms with E-state index in [0.717, 1.165) is 12.8 Å². The van der Waals surface area contributed by atoms with Crippen molar-refractivity contribution in [2.45, 2.75) is 52.6 Å². The molecule has 4 nitrogen and oxygen atoms in total. The van der Waals surface area contributed by atoms with Gasteiger partial charge in [0.05, 0.1) is 6.04 Å². The van der Waals surface area contributed by atoms with Gasteiger partial charge >= 0.3 is 6.03 Å². The van der Waals surface area contributed by atoms with E-state index in [4.69, 9.17) is 5.41 Å². The van der Waals surface area contributed by atoms with Crippen molar-refractivity contribution < 1.29 is 4.79 Å². The summed E-state index contributed by atoms with van der Waals surface area (Å²) in [6.45, 7) is 8.21. The van der Waals surface area contributed by atoms with E-state index in [1.807, 2.05) is 13.8 Å². The fourth-order valence-electron chi connectivity index (χ4n) is 2.27. The minimum absolute atomic E-state index is 0.0486. The first-order valence-electron chi connectivity index (χ1n) is 5.70. The zero-order chi connectivity index (χ0) is 11.6. The van der Waals surface area contributed by atoms with E-state index in [1.54, 1.807) is 4.90 Å². The van der Waals surface area contributed by atoms with Crippen molar-refractivity contribution in [3.8, 4) is 0 Å². The average Bonchev–Trinajstić information content (AvgIpc) is 2.44. The maximum Gasteiger partial charge on any atom is 0.323 e. The molecule has 2 amide bonds. The van der Waals surface area contributed by atoms with Crippen LogP contribution in [0, 0.1) is 11.3 Å². The fourth-order valence-corrected chi connectivity index (χ4v) is 2.27. The molecule has 1 heterocycles. The van der Waals surface area contributed by atoms with Gasteiger partial charge in [-0.05, 0) is 19.8 Å². The van der Waals surface area contributed by atoms with Crippen LogP contribution in [0.3, 0.4) is 0 Å². The monoisotopic (exact) mass is 211 g/mol. The number of rotatable bonds is 4. The molecule has 0 radical (unpaired) electrons. The van der Waals surface area contributed by atoms with Gasteiger partial charge in [0.25, 0.3) is 0 Å². The molecule has 1 atom stereocenters. The molecule has 0 aromatic heterocycles. The highest BCUT2D eigenvalue weighted by molar-refractivity contribution is 6.05. The zero-order valence-corrected chi connectivity index (χ0v) is 10.0. The van der Waals surface area contributed by atoms with Crippen LogP contribution in [-0.4, -0.2) is 28.9 Å². The molecule has 1 aliphatic rings. The van der Waals surface area contributed by atoms with Gasteiger partial charge in [-0.2, -0.15) is 0 Å². The second kappa shape index (κ2) is 4.64. The van der Waals surface area contributed by atoms with E-state index in [0.29, 0.717) is 11.8 Å². The third-order valence-corrected chi connectivity index (χ3v) is 3.12. The first kappa shape index (κ1) is 12.0. The lowest BCUT2D eigenvalue weighted by molar-refractivity contribution is 0.168. The summed E-state index contributed by atoms with van der Waals surface area (Å²) in [4.78, 5) is 13.4. The van der Waals surface area contributed by atoms with E-state index in [2.05, 4.69) is 19.2 Å². The van der Waals surface area contributed by atoms with E-state index >= 15 is 0 Å². The van der Waals surface area contributed by atoms with Crippen molar-refractivity contribution in [2.24, 2.45) is 5.92 Å². The van der Waals surface area contributed by atoms with Crippen LogP contribution in [0.4, 0.5) is 4.79 Å². The third kappa shape index (κ3) is 2.13. The predicted octanol–water partition coefficient (Wildman–Crippen LogP) is 2.20. The number of carbonyl (C=O) groups is 1. The fraction of sp³-hybridized carbons (Fsp3) is 0.818. The summed E-state index contributed by atoms with van der Waals surface area (Å²) in [5, 5.41) is 10.4. The van der Waals surface area contributed by atoms with Gasteiger partial charge < -0.3 is 4.90 Å². The summed E-state index contributed by atoms with van der Waals surface area (Å²) >= 11 is 0. The summed E-state index contributed by atoms with van der Waals surface area (Å²) in [5.74, 6) is 0.751. The van der Waals surface area contributed by atoms with E-state index < -0.39 is 0 Å². The van der Waals surface area contributed by atoms with Gasteiger partial charge in [0.2, 0.25) is 0 Å². The minimum Gasteiger partial charge on any atom is -0.312 e. The topological polar surface area (TPSA) is 56.2 Å². The normalized spacial score (nSPS) is 21.7.